The third kappa shape index (κ3) is 4.34. The molecule has 0 aliphatic rings. The molecule has 0 radical (unpaired) electrons. The Kier molecular flexibility index (Phi) is 6.11. The third-order valence-electron chi connectivity index (χ3n) is 5.13. The third-order valence-corrected chi connectivity index (χ3v) is 5.13. The van der Waals surface area contributed by atoms with Crippen molar-refractivity contribution in [2.24, 2.45) is 5.92 Å². The van der Waals surface area contributed by atoms with E-state index in [4.69, 9.17) is 5.73 Å². The first-order valence-electron chi connectivity index (χ1n) is 9.41. The van der Waals surface area contributed by atoms with Crippen LogP contribution in [0.2, 0.25) is 0 Å². The van der Waals surface area contributed by atoms with Crippen molar-refractivity contribution in [2.45, 2.75) is 59.3 Å². The van der Waals surface area contributed by atoms with E-state index in [9.17, 15) is 0 Å². The highest BCUT2D eigenvalue weighted by Crippen LogP contribution is 2.41. The van der Waals surface area contributed by atoms with E-state index in [0.29, 0.717) is 11.8 Å². The summed E-state index contributed by atoms with van der Waals surface area (Å²) in [5, 5.41) is 0. The highest BCUT2D eigenvalue weighted by molar-refractivity contribution is 5.80. The van der Waals surface area contributed by atoms with Crippen LogP contribution in [0.5, 0.6) is 0 Å². The summed E-state index contributed by atoms with van der Waals surface area (Å²) in [4.78, 5) is 0. The maximum atomic E-state index is 6.71. The number of benzene rings is 2. The minimum absolute atomic E-state index is 0.0914. The van der Waals surface area contributed by atoms with E-state index in [1.165, 1.54) is 16.7 Å². The normalized spacial score (nSPS) is 14.6. The van der Waals surface area contributed by atoms with Gasteiger partial charge in [0.2, 0.25) is 0 Å². The van der Waals surface area contributed by atoms with E-state index in [0.717, 1.165) is 17.7 Å². The van der Waals surface area contributed by atoms with E-state index >= 15 is 0 Å². The van der Waals surface area contributed by atoms with Gasteiger partial charge in [-0.05, 0) is 53.4 Å². The van der Waals surface area contributed by atoms with Crippen molar-refractivity contribution >= 4 is 5.69 Å². The second-order valence-electron chi connectivity index (χ2n) is 8.04. The van der Waals surface area contributed by atoms with Gasteiger partial charge in [-0.15, -0.1) is 0 Å². The van der Waals surface area contributed by atoms with Crippen molar-refractivity contribution in [3.8, 4) is 11.1 Å². The van der Waals surface area contributed by atoms with Gasteiger partial charge in [-0.2, -0.15) is 0 Å². The Labute approximate surface area is 154 Å². The fourth-order valence-corrected chi connectivity index (χ4v) is 3.58. The van der Waals surface area contributed by atoms with Gasteiger partial charge in [-0.25, -0.2) is 0 Å². The van der Waals surface area contributed by atoms with Crippen LogP contribution < -0.4 is 5.73 Å². The molecule has 134 valence electrons. The summed E-state index contributed by atoms with van der Waals surface area (Å²) in [5.74, 6) is 0.900. The van der Waals surface area contributed by atoms with Gasteiger partial charge in [-0.3, -0.25) is 0 Å². The molecule has 0 bridgehead atoms. The molecule has 0 spiro atoms. The Morgan fingerprint density at radius 3 is 2.24 bits per heavy atom. The Bertz CT molecular complexity index is 720. The van der Waals surface area contributed by atoms with Crippen LogP contribution >= 0.6 is 0 Å². The average molecular weight is 336 g/mol. The van der Waals surface area contributed by atoms with Crippen LogP contribution in [0, 0.1) is 5.92 Å². The van der Waals surface area contributed by atoms with Crippen LogP contribution in [0.3, 0.4) is 0 Å². The maximum absolute atomic E-state index is 6.71. The first-order chi connectivity index (χ1) is 11.8. The quantitative estimate of drug-likeness (QED) is 0.465. The molecule has 0 saturated heterocycles. The molecule has 2 N–H and O–H groups in total. The summed E-state index contributed by atoms with van der Waals surface area (Å²) in [5.41, 5.74) is 12.7. The predicted octanol–water partition coefficient (Wildman–Crippen LogP) is 6.94. The molecule has 0 aliphatic heterocycles. The van der Waals surface area contributed by atoms with Crippen LogP contribution in [-0.4, -0.2) is 0 Å². The van der Waals surface area contributed by atoms with Crippen molar-refractivity contribution < 1.29 is 0 Å². The van der Waals surface area contributed by atoms with Crippen molar-refractivity contribution in [1.29, 1.82) is 0 Å². The first kappa shape index (κ1) is 19.3. The smallest absolute Gasteiger partial charge is 0.0429 e. The van der Waals surface area contributed by atoms with E-state index in [1.54, 1.807) is 0 Å². The fourth-order valence-electron chi connectivity index (χ4n) is 3.58. The molecular weight excluding hydrogens is 302 g/mol. The topological polar surface area (TPSA) is 26.0 Å². The molecule has 2 aromatic rings. The monoisotopic (exact) mass is 335 g/mol. The molecule has 0 aromatic heterocycles. The lowest BCUT2D eigenvalue weighted by Crippen LogP contribution is -2.16. The number of allylic oxidation sites excluding steroid dienone is 2. The highest BCUT2D eigenvalue weighted by atomic mass is 14.6. The van der Waals surface area contributed by atoms with Crippen LogP contribution in [0.1, 0.15) is 65.0 Å². The zero-order chi connectivity index (χ0) is 18.6. The summed E-state index contributed by atoms with van der Waals surface area (Å²) in [6, 6.07) is 15.1. The molecular formula is C24H33N. The van der Waals surface area contributed by atoms with Gasteiger partial charge >= 0.3 is 0 Å². The molecule has 2 aromatic carbocycles. The second kappa shape index (κ2) is 7.91. The number of nitrogens with two attached hydrogens (primary N) is 1. The van der Waals surface area contributed by atoms with Gasteiger partial charge in [0, 0.05) is 11.3 Å². The standard InChI is InChI=1S/C24H33N/c1-7-12-17(3)20(8-2)22-16-19(24(4,5)6)15-21(23(22)25)18-13-10-9-11-14-18/h7,9-17,20H,8,25H2,1-6H3/b12-7-/t17?,20-/m0/s1. The SMILES string of the molecule is C/C=C\C(C)[C@H](CC)c1cc(C(C)(C)C)cc(-c2ccccc2)c1N. The number of hydrogen-bond acceptors (Lipinski definition) is 1. The van der Waals surface area contributed by atoms with Crippen LogP contribution in [-0.2, 0) is 5.41 Å². The Balaban J connectivity index is 2.70. The molecule has 0 saturated carbocycles. The summed E-state index contributed by atoms with van der Waals surface area (Å²) in [6.45, 7) is 13.5. The molecule has 2 rings (SSSR count). The Morgan fingerprint density at radius 2 is 1.72 bits per heavy atom. The van der Waals surface area contributed by atoms with Crippen LogP contribution in [0.25, 0.3) is 11.1 Å². The number of anilines is 1. The van der Waals surface area contributed by atoms with Gasteiger partial charge < -0.3 is 5.73 Å². The number of rotatable bonds is 5. The highest BCUT2D eigenvalue weighted by Gasteiger charge is 2.24. The minimum Gasteiger partial charge on any atom is -0.398 e. The molecule has 1 heteroatoms. The zero-order valence-corrected chi connectivity index (χ0v) is 16.6. The average Bonchev–Trinajstić information content (AvgIpc) is 2.57. The Morgan fingerprint density at radius 1 is 1.08 bits per heavy atom. The van der Waals surface area contributed by atoms with E-state index in [-0.39, 0.29) is 5.41 Å². The lowest BCUT2D eigenvalue weighted by molar-refractivity contribution is 0.528. The van der Waals surface area contributed by atoms with Gasteiger partial charge in [-0.1, -0.05) is 83.2 Å². The second-order valence-corrected chi connectivity index (χ2v) is 8.04. The predicted molar refractivity (Wildman–Crippen MR) is 112 cm³/mol. The summed E-state index contributed by atoms with van der Waals surface area (Å²) < 4.78 is 0. The molecule has 1 unspecified atom stereocenters. The van der Waals surface area contributed by atoms with Gasteiger partial charge in [0.05, 0.1) is 0 Å². The fraction of sp³-hybridized carbons (Fsp3) is 0.417. The summed E-state index contributed by atoms with van der Waals surface area (Å²) in [6.07, 6.45) is 5.52. The van der Waals surface area contributed by atoms with Gasteiger partial charge in [0.1, 0.15) is 0 Å². The van der Waals surface area contributed by atoms with E-state index < -0.39 is 0 Å². The molecule has 0 heterocycles. The van der Waals surface area contributed by atoms with Gasteiger partial charge in [0.15, 0.2) is 0 Å². The van der Waals surface area contributed by atoms with Gasteiger partial charge in [0.25, 0.3) is 0 Å². The van der Waals surface area contributed by atoms with Crippen molar-refractivity contribution in [3.63, 3.8) is 0 Å². The number of nitrogen functional groups attached to an aromatic ring is 1. The molecule has 0 fully saturated rings. The molecule has 1 nitrogen and oxygen atoms in total. The first-order valence-corrected chi connectivity index (χ1v) is 9.41. The lowest BCUT2D eigenvalue weighted by Gasteiger charge is -2.28. The summed E-state index contributed by atoms with van der Waals surface area (Å²) >= 11 is 0. The van der Waals surface area contributed by atoms with Crippen LogP contribution in [0.4, 0.5) is 5.69 Å². The molecule has 2 atom stereocenters. The summed E-state index contributed by atoms with van der Waals surface area (Å²) in [7, 11) is 0. The van der Waals surface area contributed by atoms with E-state index in [2.05, 4.69) is 96.2 Å². The zero-order valence-electron chi connectivity index (χ0n) is 16.6. The Hall–Kier alpha value is -2.02. The maximum Gasteiger partial charge on any atom is 0.0429 e. The van der Waals surface area contributed by atoms with Crippen molar-refractivity contribution in [3.05, 3.63) is 65.7 Å². The molecule has 0 aliphatic carbocycles. The molecule has 0 amide bonds. The minimum atomic E-state index is 0.0914. The van der Waals surface area contributed by atoms with E-state index in [1.807, 2.05) is 0 Å². The van der Waals surface area contributed by atoms with Crippen LogP contribution in [0.15, 0.2) is 54.6 Å². The molecule has 25 heavy (non-hydrogen) atoms. The van der Waals surface area contributed by atoms with Crippen molar-refractivity contribution in [1.82, 2.24) is 0 Å². The van der Waals surface area contributed by atoms with Crippen molar-refractivity contribution in [2.75, 3.05) is 5.73 Å². The largest absolute Gasteiger partial charge is 0.398 e. The lowest BCUT2D eigenvalue weighted by atomic mass is 9.77. The number of hydrogen-bond donors (Lipinski definition) is 1.